The molecule has 1 amide bonds. The summed E-state index contributed by atoms with van der Waals surface area (Å²) in [6.45, 7) is 7.14. The highest BCUT2D eigenvalue weighted by Crippen LogP contribution is 2.29. The van der Waals surface area contributed by atoms with Crippen LogP contribution < -0.4 is 14.8 Å². The van der Waals surface area contributed by atoms with Gasteiger partial charge in [0.15, 0.2) is 6.61 Å². The van der Waals surface area contributed by atoms with Crippen molar-refractivity contribution in [2.75, 3.05) is 20.8 Å². The molecule has 6 heteroatoms. The van der Waals surface area contributed by atoms with Crippen molar-refractivity contribution in [3.8, 4) is 11.5 Å². The molecule has 0 heterocycles. The first-order chi connectivity index (χ1) is 13.3. The van der Waals surface area contributed by atoms with E-state index < -0.39 is 11.9 Å². The third kappa shape index (κ3) is 5.03. The lowest BCUT2D eigenvalue weighted by atomic mass is 10.00. The molecule has 2 aromatic rings. The average Bonchev–Trinajstić information content (AvgIpc) is 2.64. The maximum absolute atomic E-state index is 12.4. The number of carbonyl (C=O) groups is 2. The van der Waals surface area contributed by atoms with Crippen LogP contribution in [0.4, 0.5) is 0 Å². The molecule has 0 aliphatic rings. The molecule has 0 bridgehead atoms. The van der Waals surface area contributed by atoms with Gasteiger partial charge in [-0.2, -0.15) is 0 Å². The van der Waals surface area contributed by atoms with Gasteiger partial charge in [0, 0.05) is 5.56 Å². The highest BCUT2D eigenvalue weighted by atomic mass is 16.5. The first kappa shape index (κ1) is 21.3. The van der Waals surface area contributed by atoms with Gasteiger partial charge in [-0.05, 0) is 57.0 Å². The third-order valence-corrected chi connectivity index (χ3v) is 4.50. The van der Waals surface area contributed by atoms with Crippen LogP contribution in [0.15, 0.2) is 30.3 Å². The second-order valence-corrected chi connectivity index (χ2v) is 6.75. The number of ether oxygens (including phenoxy) is 3. The largest absolute Gasteiger partial charge is 0.497 e. The molecule has 1 atom stereocenters. The molecule has 0 spiro atoms. The summed E-state index contributed by atoms with van der Waals surface area (Å²) in [5, 5.41) is 2.82. The number of hydrogen-bond donors (Lipinski definition) is 1. The van der Waals surface area contributed by atoms with Crippen LogP contribution >= 0.6 is 0 Å². The van der Waals surface area contributed by atoms with Gasteiger partial charge in [0.2, 0.25) is 0 Å². The highest BCUT2D eigenvalue weighted by Gasteiger charge is 2.18. The van der Waals surface area contributed by atoms with Gasteiger partial charge in [-0.3, -0.25) is 4.79 Å². The number of amides is 1. The second-order valence-electron chi connectivity index (χ2n) is 6.75. The Balaban J connectivity index is 2.02. The fourth-order valence-electron chi connectivity index (χ4n) is 3.24. The van der Waals surface area contributed by atoms with Gasteiger partial charge in [0.05, 0.1) is 25.8 Å². The summed E-state index contributed by atoms with van der Waals surface area (Å²) in [4.78, 5) is 24.7. The molecule has 0 aromatic heterocycles. The van der Waals surface area contributed by atoms with Gasteiger partial charge in [-0.1, -0.05) is 17.7 Å². The lowest BCUT2D eigenvalue weighted by molar-refractivity contribution is -0.124. The number of rotatable bonds is 7. The monoisotopic (exact) mass is 385 g/mol. The zero-order valence-electron chi connectivity index (χ0n) is 17.2. The van der Waals surface area contributed by atoms with Crippen LogP contribution in [-0.4, -0.2) is 32.7 Å². The Morgan fingerprint density at radius 2 is 1.64 bits per heavy atom. The zero-order chi connectivity index (χ0) is 20.8. The molecule has 0 saturated heterocycles. The van der Waals surface area contributed by atoms with Crippen molar-refractivity contribution in [2.45, 2.75) is 33.7 Å². The quantitative estimate of drug-likeness (QED) is 0.736. The number of nitrogens with one attached hydrogen (secondary N) is 1. The van der Waals surface area contributed by atoms with Gasteiger partial charge >= 0.3 is 5.97 Å². The van der Waals surface area contributed by atoms with E-state index in [0.717, 1.165) is 22.3 Å². The van der Waals surface area contributed by atoms with E-state index in [9.17, 15) is 9.59 Å². The van der Waals surface area contributed by atoms with E-state index in [-0.39, 0.29) is 12.6 Å². The maximum Gasteiger partial charge on any atom is 0.339 e. The van der Waals surface area contributed by atoms with Crippen LogP contribution in [0.1, 0.15) is 45.6 Å². The molecule has 0 aliphatic carbocycles. The van der Waals surface area contributed by atoms with Crippen LogP contribution in [0, 0.1) is 20.8 Å². The third-order valence-electron chi connectivity index (χ3n) is 4.50. The minimum Gasteiger partial charge on any atom is -0.497 e. The Kier molecular flexibility index (Phi) is 7.04. The molecule has 150 valence electrons. The van der Waals surface area contributed by atoms with Crippen molar-refractivity contribution >= 4 is 11.9 Å². The summed E-state index contributed by atoms with van der Waals surface area (Å²) in [5.41, 5.74) is 4.01. The molecule has 28 heavy (non-hydrogen) atoms. The average molecular weight is 385 g/mol. The normalized spacial score (nSPS) is 11.5. The van der Waals surface area contributed by atoms with Crippen LogP contribution in [0.25, 0.3) is 0 Å². The minimum absolute atomic E-state index is 0.348. The van der Waals surface area contributed by atoms with Gasteiger partial charge in [0.25, 0.3) is 5.91 Å². The topological polar surface area (TPSA) is 73.9 Å². The lowest BCUT2D eigenvalue weighted by Crippen LogP contribution is -2.31. The number of methoxy groups -OCH3 is 2. The van der Waals surface area contributed by atoms with Crippen LogP contribution in [-0.2, 0) is 9.53 Å². The predicted molar refractivity (Wildman–Crippen MR) is 107 cm³/mol. The second kappa shape index (κ2) is 9.26. The Hall–Kier alpha value is -3.02. The molecular weight excluding hydrogens is 358 g/mol. The van der Waals surface area contributed by atoms with Crippen LogP contribution in [0.2, 0.25) is 0 Å². The summed E-state index contributed by atoms with van der Waals surface area (Å²) in [6, 6.07) is 8.85. The van der Waals surface area contributed by atoms with Crippen molar-refractivity contribution in [3.05, 3.63) is 58.1 Å². The lowest BCUT2D eigenvalue weighted by Gasteiger charge is -2.18. The minimum atomic E-state index is -0.503. The molecule has 1 N–H and O–H groups in total. The molecule has 6 nitrogen and oxygen atoms in total. The summed E-state index contributed by atoms with van der Waals surface area (Å²) in [6.07, 6.45) is 0. The van der Waals surface area contributed by atoms with Gasteiger partial charge < -0.3 is 19.5 Å². The molecule has 2 aromatic carbocycles. The van der Waals surface area contributed by atoms with E-state index in [1.165, 1.54) is 0 Å². The van der Waals surface area contributed by atoms with E-state index in [1.54, 1.807) is 32.4 Å². The van der Waals surface area contributed by atoms with Gasteiger partial charge in [0.1, 0.15) is 11.5 Å². The standard InChI is InChI=1S/C22H27NO5/c1-13-9-14(2)21(15(3)10-13)22(25)28-12-20(24)23-16(4)18-11-17(26-5)7-8-19(18)27-6/h7-11,16H,12H2,1-6H3,(H,23,24). The molecule has 1 unspecified atom stereocenters. The summed E-state index contributed by atoms with van der Waals surface area (Å²) >= 11 is 0. The van der Waals surface area contributed by atoms with Crippen molar-refractivity contribution in [1.82, 2.24) is 5.32 Å². The van der Waals surface area contributed by atoms with Crippen LogP contribution in [0.5, 0.6) is 11.5 Å². The predicted octanol–water partition coefficient (Wildman–Crippen LogP) is 3.66. The zero-order valence-corrected chi connectivity index (χ0v) is 17.2. The summed E-state index contributed by atoms with van der Waals surface area (Å²) in [5.74, 6) is 0.398. The highest BCUT2D eigenvalue weighted by molar-refractivity contribution is 5.94. The van der Waals surface area contributed by atoms with Crippen molar-refractivity contribution < 1.29 is 23.8 Å². The SMILES string of the molecule is COc1ccc(OC)c(C(C)NC(=O)COC(=O)c2c(C)cc(C)cc2C)c1. The van der Waals surface area contributed by atoms with E-state index in [2.05, 4.69) is 5.32 Å². The molecule has 0 saturated carbocycles. The molecular formula is C22H27NO5. The van der Waals surface area contributed by atoms with E-state index in [0.29, 0.717) is 17.1 Å². The Bertz CT molecular complexity index is 852. The first-order valence-corrected chi connectivity index (χ1v) is 9.03. The van der Waals surface area contributed by atoms with Gasteiger partial charge in [-0.15, -0.1) is 0 Å². The number of benzene rings is 2. The van der Waals surface area contributed by atoms with E-state index in [4.69, 9.17) is 14.2 Å². The Morgan fingerprint density at radius 3 is 2.21 bits per heavy atom. The summed E-state index contributed by atoms with van der Waals surface area (Å²) in [7, 11) is 3.14. The Labute approximate surface area is 165 Å². The Morgan fingerprint density at radius 1 is 1.00 bits per heavy atom. The molecule has 0 radical (unpaired) electrons. The number of esters is 1. The maximum atomic E-state index is 12.4. The smallest absolute Gasteiger partial charge is 0.339 e. The van der Waals surface area contributed by atoms with Crippen molar-refractivity contribution in [3.63, 3.8) is 0 Å². The van der Waals surface area contributed by atoms with E-state index >= 15 is 0 Å². The molecule has 0 aliphatic heterocycles. The first-order valence-electron chi connectivity index (χ1n) is 9.03. The van der Waals surface area contributed by atoms with Crippen molar-refractivity contribution in [1.29, 1.82) is 0 Å². The molecule has 2 rings (SSSR count). The summed E-state index contributed by atoms with van der Waals surface area (Å²) < 4.78 is 15.8. The fraction of sp³-hybridized carbons (Fsp3) is 0.364. The number of carbonyl (C=O) groups excluding carboxylic acids is 2. The number of aryl methyl sites for hydroxylation is 3. The number of hydrogen-bond acceptors (Lipinski definition) is 5. The molecule has 0 fully saturated rings. The van der Waals surface area contributed by atoms with E-state index in [1.807, 2.05) is 39.8 Å². The van der Waals surface area contributed by atoms with Gasteiger partial charge in [-0.25, -0.2) is 4.79 Å². The van der Waals surface area contributed by atoms with Crippen molar-refractivity contribution in [2.24, 2.45) is 0 Å². The van der Waals surface area contributed by atoms with Crippen LogP contribution in [0.3, 0.4) is 0 Å². The fourth-order valence-corrected chi connectivity index (χ4v) is 3.24.